The van der Waals surface area contributed by atoms with Gasteiger partial charge in [0.2, 0.25) is 11.8 Å². The first-order valence-corrected chi connectivity index (χ1v) is 7.77. The number of esters is 1. The summed E-state index contributed by atoms with van der Waals surface area (Å²) in [6, 6.07) is 0. The van der Waals surface area contributed by atoms with Gasteiger partial charge in [0, 0.05) is 37.7 Å². The Morgan fingerprint density at radius 2 is 1.86 bits per heavy atom. The minimum Gasteiger partial charge on any atom is -0.465 e. The average molecular weight is 324 g/mol. The zero-order valence-electron chi connectivity index (χ0n) is 12.0. The number of amides is 1. The summed E-state index contributed by atoms with van der Waals surface area (Å²) >= 11 is 5.85. The number of hydrogen-bond donors (Lipinski definition) is 0. The SMILES string of the molecule is CCOC(=O)C1(CCl)CN(C(=O)C2CCC(F)(F)CC2)C1. The molecule has 0 unspecified atom stereocenters. The molecule has 0 aromatic rings. The molecule has 4 nitrogen and oxygen atoms in total. The van der Waals surface area contributed by atoms with Crippen LogP contribution in [0, 0.1) is 11.3 Å². The van der Waals surface area contributed by atoms with Crippen molar-refractivity contribution in [2.24, 2.45) is 11.3 Å². The van der Waals surface area contributed by atoms with Crippen molar-refractivity contribution in [1.82, 2.24) is 4.90 Å². The van der Waals surface area contributed by atoms with E-state index in [2.05, 4.69) is 0 Å². The molecule has 2 aliphatic rings. The van der Waals surface area contributed by atoms with E-state index in [0.29, 0.717) is 0 Å². The first-order valence-electron chi connectivity index (χ1n) is 7.23. The molecule has 0 aromatic carbocycles. The zero-order chi connectivity index (χ0) is 15.7. The molecule has 1 saturated carbocycles. The van der Waals surface area contributed by atoms with Crippen LogP contribution in [0.25, 0.3) is 0 Å². The lowest BCUT2D eigenvalue weighted by Crippen LogP contribution is -2.64. The van der Waals surface area contributed by atoms with Crippen molar-refractivity contribution in [2.75, 3.05) is 25.6 Å². The van der Waals surface area contributed by atoms with Crippen molar-refractivity contribution in [3.05, 3.63) is 0 Å². The van der Waals surface area contributed by atoms with Gasteiger partial charge >= 0.3 is 5.97 Å². The summed E-state index contributed by atoms with van der Waals surface area (Å²) < 4.78 is 31.2. The summed E-state index contributed by atoms with van der Waals surface area (Å²) in [5.41, 5.74) is -0.828. The third kappa shape index (κ3) is 3.30. The molecule has 1 aliphatic heterocycles. The fourth-order valence-electron chi connectivity index (χ4n) is 2.94. The van der Waals surface area contributed by atoms with Gasteiger partial charge in [-0.25, -0.2) is 8.78 Å². The molecule has 1 amide bonds. The molecule has 21 heavy (non-hydrogen) atoms. The van der Waals surface area contributed by atoms with Crippen molar-refractivity contribution in [3.63, 3.8) is 0 Å². The maximum absolute atomic E-state index is 13.1. The van der Waals surface area contributed by atoms with Crippen LogP contribution in [0.4, 0.5) is 8.78 Å². The third-order valence-electron chi connectivity index (χ3n) is 4.33. The van der Waals surface area contributed by atoms with E-state index in [9.17, 15) is 18.4 Å². The quantitative estimate of drug-likeness (QED) is 0.590. The second-order valence-corrected chi connectivity index (χ2v) is 6.23. The van der Waals surface area contributed by atoms with Crippen LogP contribution in [0.1, 0.15) is 32.6 Å². The van der Waals surface area contributed by atoms with Gasteiger partial charge in [-0.05, 0) is 19.8 Å². The molecule has 0 spiro atoms. The van der Waals surface area contributed by atoms with Crippen LogP contribution in [0.5, 0.6) is 0 Å². The summed E-state index contributed by atoms with van der Waals surface area (Å²) in [5.74, 6) is -3.44. The second-order valence-electron chi connectivity index (χ2n) is 5.96. The van der Waals surface area contributed by atoms with Gasteiger partial charge in [0.1, 0.15) is 5.41 Å². The normalized spacial score (nSPS) is 24.3. The van der Waals surface area contributed by atoms with E-state index < -0.39 is 11.3 Å². The molecule has 0 N–H and O–H groups in total. The Morgan fingerprint density at radius 3 is 2.33 bits per heavy atom. The standard InChI is InChI=1S/C14H20ClF2NO3/c1-2-21-12(20)13(7-15)8-18(9-13)11(19)10-3-5-14(16,17)6-4-10/h10H,2-9H2,1H3. The van der Waals surface area contributed by atoms with E-state index in [1.165, 1.54) is 4.90 Å². The van der Waals surface area contributed by atoms with Gasteiger partial charge in [-0.3, -0.25) is 9.59 Å². The highest BCUT2D eigenvalue weighted by Gasteiger charge is 2.53. The number of ether oxygens (including phenoxy) is 1. The monoisotopic (exact) mass is 323 g/mol. The molecule has 0 bridgehead atoms. The Bertz CT molecular complexity index is 414. The first-order chi connectivity index (χ1) is 9.83. The number of hydrogen-bond acceptors (Lipinski definition) is 3. The van der Waals surface area contributed by atoms with Crippen molar-refractivity contribution in [3.8, 4) is 0 Å². The number of carbonyl (C=O) groups is 2. The van der Waals surface area contributed by atoms with E-state index in [-0.39, 0.29) is 69.1 Å². The molecule has 2 rings (SSSR count). The molecule has 7 heteroatoms. The highest BCUT2D eigenvalue weighted by atomic mass is 35.5. The van der Waals surface area contributed by atoms with E-state index in [0.717, 1.165) is 0 Å². The molecule has 0 aromatic heterocycles. The lowest BCUT2D eigenvalue weighted by molar-refractivity contribution is -0.171. The number of halogens is 3. The first kappa shape index (κ1) is 16.5. The van der Waals surface area contributed by atoms with Gasteiger partial charge < -0.3 is 9.64 Å². The van der Waals surface area contributed by atoms with Crippen molar-refractivity contribution in [2.45, 2.75) is 38.5 Å². The maximum atomic E-state index is 13.1. The van der Waals surface area contributed by atoms with Gasteiger partial charge in [-0.2, -0.15) is 0 Å². The minimum absolute atomic E-state index is 0.0956. The van der Waals surface area contributed by atoms with Crippen LogP contribution in [0.3, 0.4) is 0 Å². The molecular weight excluding hydrogens is 304 g/mol. The fraction of sp³-hybridized carbons (Fsp3) is 0.857. The van der Waals surface area contributed by atoms with E-state index in [1.54, 1.807) is 6.92 Å². The second kappa shape index (κ2) is 6.07. The lowest BCUT2D eigenvalue weighted by atomic mass is 9.79. The Balaban J connectivity index is 1.88. The van der Waals surface area contributed by atoms with Crippen molar-refractivity contribution in [1.29, 1.82) is 0 Å². The number of nitrogens with zero attached hydrogens (tertiary/aromatic N) is 1. The van der Waals surface area contributed by atoms with E-state index >= 15 is 0 Å². The van der Waals surface area contributed by atoms with Gasteiger partial charge in [-0.15, -0.1) is 11.6 Å². The van der Waals surface area contributed by atoms with Crippen molar-refractivity contribution >= 4 is 23.5 Å². The Kier molecular flexibility index (Phi) is 4.76. The lowest BCUT2D eigenvalue weighted by Gasteiger charge is -2.48. The van der Waals surface area contributed by atoms with Gasteiger partial charge in [-0.1, -0.05) is 0 Å². The Hall–Kier alpha value is -0.910. The minimum atomic E-state index is -2.64. The fourth-order valence-corrected chi connectivity index (χ4v) is 3.22. The number of carbonyl (C=O) groups excluding carboxylic acids is 2. The molecule has 1 aliphatic carbocycles. The topological polar surface area (TPSA) is 46.6 Å². The number of rotatable bonds is 4. The average Bonchev–Trinajstić information content (AvgIpc) is 2.38. The van der Waals surface area contributed by atoms with Crippen molar-refractivity contribution < 1.29 is 23.1 Å². The van der Waals surface area contributed by atoms with E-state index in [1.807, 2.05) is 0 Å². The summed E-state index contributed by atoms with van der Waals surface area (Å²) in [6.07, 6.45) is -0.0726. The van der Waals surface area contributed by atoms with Crippen LogP contribution in [-0.2, 0) is 14.3 Å². The van der Waals surface area contributed by atoms with Crippen LogP contribution in [0.15, 0.2) is 0 Å². The summed E-state index contributed by atoms with van der Waals surface area (Å²) in [6.45, 7) is 2.43. The molecule has 1 heterocycles. The Morgan fingerprint density at radius 1 is 1.29 bits per heavy atom. The van der Waals surface area contributed by atoms with Crippen LogP contribution in [-0.4, -0.2) is 48.3 Å². The number of likely N-dealkylation sites (tertiary alicyclic amines) is 1. The highest BCUT2D eigenvalue weighted by molar-refractivity contribution is 6.20. The molecule has 1 saturated heterocycles. The molecule has 120 valence electrons. The van der Waals surface area contributed by atoms with Crippen LogP contribution >= 0.6 is 11.6 Å². The van der Waals surface area contributed by atoms with Gasteiger partial charge in [0.15, 0.2) is 0 Å². The summed E-state index contributed by atoms with van der Waals surface area (Å²) in [5, 5.41) is 0. The predicted molar refractivity (Wildman–Crippen MR) is 73.3 cm³/mol. The number of alkyl halides is 3. The molecular formula is C14H20ClF2NO3. The molecule has 0 atom stereocenters. The zero-order valence-corrected chi connectivity index (χ0v) is 12.8. The third-order valence-corrected chi connectivity index (χ3v) is 4.84. The summed E-state index contributed by atoms with van der Waals surface area (Å²) in [4.78, 5) is 25.7. The highest BCUT2D eigenvalue weighted by Crippen LogP contribution is 2.40. The van der Waals surface area contributed by atoms with Crippen LogP contribution < -0.4 is 0 Å². The smallest absolute Gasteiger partial charge is 0.316 e. The summed E-state index contributed by atoms with van der Waals surface area (Å²) in [7, 11) is 0. The largest absolute Gasteiger partial charge is 0.465 e. The molecule has 0 radical (unpaired) electrons. The van der Waals surface area contributed by atoms with Crippen LogP contribution in [0.2, 0.25) is 0 Å². The predicted octanol–water partition coefficient (Wildman–Crippen LogP) is 2.44. The molecule has 2 fully saturated rings. The van der Waals surface area contributed by atoms with Gasteiger partial charge in [0.25, 0.3) is 0 Å². The van der Waals surface area contributed by atoms with E-state index in [4.69, 9.17) is 16.3 Å². The maximum Gasteiger partial charge on any atom is 0.316 e. The van der Waals surface area contributed by atoms with Gasteiger partial charge in [0.05, 0.1) is 6.61 Å². The Labute approximate surface area is 127 Å².